The summed E-state index contributed by atoms with van der Waals surface area (Å²) in [5, 5.41) is 0.272. The quantitative estimate of drug-likeness (QED) is 0.800. The Morgan fingerprint density at radius 2 is 2.00 bits per heavy atom. The minimum absolute atomic E-state index is 0.110. The van der Waals surface area contributed by atoms with E-state index < -0.39 is 12.1 Å². The first kappa shape index (κ1) is 15.2. The van der Waals surface area contributed by atoms with Gasteiger partial charge in [-0.15, -0.1) is 0 Å². The molecule has 0 saturated heterocycles. The highest BCUT2D eigenvalue weighted by Crippen LogP contribution is 2.15. The van der Waals surface area contributed by atoms with Crippen LogP contribution in [0.3, 0.4) is 0 Å². The van der Waals surface area contributed by atoms with Gasteiger partial charge in [0, 0.05) is 6.20 Å². The van der Waals surface area contributed by atoms with Crippen molar-refractivity contribution in [2.24, 2.45) is 4.99 Å². The molecule has 2 aromatic rings. The number of aromatic nitrogens is 2. The molecule has 0 aliphatic heterocycles. The largest absolute Gasteiger partial charge is 0.473 e. The summed E-state index contributed by atoms with van der Waals surface area (Å²) in [4.78, 5) is 18.1. The van der Waals surface area contributed by atoms with Crippen molar-refractivity contribution in [3.8, 4) is 0 Å². The third kappa shape index (κ3) is 4.16. The molecule has 21 heavy (non-hydrogen) atoms. The van der Waals surface area contributed by atoms with Crippen molar-refractivity contribution in [2.75, 3.05) is 0 Å². The Morgan fingerprint density at radius 3 is 2.67 bits per heavy atom. The minimum atomic E-state index is -5.00. The zero-order valence-electron chi connectivity index (χ0n) is 10.5. The van der Waals surface area contributed by atoms with E-state index in [4.69, 9.17) is 11.6 Å². The third-order valence-electron chi connectivity index (χ3n) is 2.48. The summed E-state index contributed by atoms with van der Waals surface area (Å²) >= 11 is 5.75. The Bertz CT molecular complexity index is 725. The molecule has 0 aliphatic rings. The van der Waals surface area contributed by atoms with E-state index in [9.17, 15) is 18.0 Å². The smallest absolute Gasteiger partial charge is 0.327 e. The summed E-state index contributed by atoms with van der Waals surface area (Å²) in [6.07, 6.45) is -3.49. The number of pyridine rings is 2. The Morgan fingerprint density at radius 1 is 1.24 bits per heavy atom. The van der Waals surface area contributed by atoms with Crippen LogP contribution in [0.1, 0.15) is 5.69 Å². The Balaban J connectivity index is 2.38. The van der Waals surface area contributed by atoms with Gasteiger partial charge in [0.15, 0.2) is 0 Å². The number of alkyl halides is 3. The Hall–Kier alpha value is -2.15. The standard InChI is InChI=1S/C13H9ClF3N3O/c14-10-5-3-4-9(18-10)8-20-7-2-1-6-11(20)19-12(21)13(15,16)17/h1-7H,8H2. The molecule has 0 spiro atoms. The summed E-state index contributed by atoms with van der Waals surface area (Å²) < 4.78 is 38.2. The first-order chi connectivity index (χ1) is 9.86. The first-order valence-electron chi connectivity index (χ1n) is 5.79. The van der Waals surface area contributed by atoms with Crippen molar-refractivity contribution in [1.29, 1.82) is 0 Å². The number of halogens is 4. The summed E-state index contributed by atoms with van der Waals surface area (Å²) in [5.74, 6) is -2.15. The molecule has 0 aliphatic carbocycles. The van der Waals surface area contributed by atoms with Gasteiger partial charge in [0.25, 0.3) is 0 Å². The fourth-order valence-electron chi connectivity index (χ4n) is 1.58. The van der Waals surface area contributed by atoms with Crippen LogP contribution in [0.2, 0.25) is 5.15 Å². The molecule has 2 heterocycles. The van der Waals surface area contributed by atoms with Crippen LogP contribution in [0, 0.1) is 0 Å². The van der Waals surface area contributed by atoms with Crippen molar-refractivity contribution in [1.82, 2.24) is 9.55 Å². The summed E-state index contributed by atoms with van der Waals surface area (Å²) in [5.41, 5.74) is 0.427. The first-order valence-corrected chi connectivity index (χ1v) is 6.17. The number of amides is 1. The molecule has 0 unspecified atom stereocenters. The zero-order valence-corrected chi connectivity index (χ0v) is 11.3. The monoisotopic (exact) mass is 315 g/mol. The van der Waals surface area contributed by atoms with Crippen LogP contribution in [0.4, 0.5) is 13.2 Å². The van der Waals surface area contributed by atoms with Crippen LogP contribution in [-0.2, 0) is 11.3 Å². The van der Waals surface area contributed by atoms with Gasteiger partial charge in [-0.2, -0.15) is 18.2 Å². The maximum Gasteiger partial charge on any atom is 0.473 e. The van der Waals surface area contributed by atoms with Gasteiger partial charge >= 0.3 is 12.1 Å². The predicted octanol–water partition coefficient (Wildman–Crippen LogP) is 2.57. The van der Waals surface area contributed by atoms with E-state index in [1.807, 2.05) is 0 Å². The fourth-order valence-corrected chi connectivity index (χ4v) is 1.76. The maximum atomic E-state index is 12.3. The lowest BCUT2D eigenvalue weighted by Crippen LogP contribution is -2.28. The molecule has 1 amide bonds. The number of hydrogen-bond donors (Lipinski definition) is 0. The molecule has 2 aromatic heterocycles. The van der Waals surface area contributed by atoms with E-state index >= 15 is 0 Å². The second kappa shape index (κ2) is 6.09. The van der Waals surface area contributed by atoms with Crippen LogP contribution in [0.25, 0.3) is 0 Å². The van der Waals surface area contributed by atoms with Crippen molar-refractivity contribution >= 4 is 17.5 Å². The van der Waals surface area contributed by atoms with Gasteiger partial charge < -0.3 is 4.57 Å². The lowest BCUT2D eigenvalue weighted by molar-refractivity contribution is -0.169. The molecule has 0 fully saturated rings. The van der Waals surface area contributed by atoms with E-state index in [1.165, 1.54) is 22.9 Å². The topological polar surface area (TPSA) is 47.2 Å². The fraction of sp³-hybridized carbons (Fsp3) is 0.154. The van der Waals surface area contributed by atoms with Crippen LogP contribution < -0.4 is 5.49 Å². The summed E-state index contributed by atoms with van der Waals surface area (Å²) in [6.45, 7) is 0.144. The van der Waals surface area contributed by atoms with Crippen molar-refractivity contribution in [3.05, 3.63) is 58.9 Å². The lowest BCUT2D eigenvalue weighted by atomic mass is 10.3. The van der Waals surface area contributed by atoms with Crippen LogP contribution in [-0.4, -0.2) is 21.6 Å². The minimum Gasteiger partial charge on any atom is -0.327 e. The second-order valence-electron chi connectivity index (χ2n) is 4.05. The lowest BCUT2D eigenvalue weighted by Gasteiger charge is -2.07. The van der Waals surface area contributed by atoms with Crippen LogP contribution in [0.15, 0.2) is 47.6 Å². The van der Waals surface area contributed by atoms with Gasteiger partial charge in [-0.1, -0.05) is 23.7 Å². The molecular weight excluding hydrogens is 307 g/mol. The van der Waals surface area contributed by atoms with Crippen LogP contribution >= 0.6 is 11.6 Å². The number of hydrogen-bond acceptors (Lipinski definition) is 2. The molecule has 0 N–H and O–H groups in total. The normalized spacial score (nSPS) is 12.5. The van der Waals surface area contributed by atoms with E-state index in [0.29, 0.717) is 5.69 Å². The maximum absolute atomic E-state index is 12.3. The molecule has 2 rings (SSSR count). The zero-order chi connectivity index (χ0) is 15.5. The molecule has 4 nitrogen and oxygen atoms in total. The third-order valence-corrected chi connectivity index (χ3v) is 2.69. The molecular formula is C13H9ClF3N3O. The molecule has 8 heteroatoms. The highest BCUT2D eigenvalue weighted by Gasteiger charge is 2.38. The van der Waals surface area contributed by atoms with Crippen molar-refractivity contribution in [2.45, 2.75) is 12.7 Å². The predicted molar refractivity (Wildman–Crippen MR) is 69.4 cm³/mol. The van der Waals surface area contributed by atoms with Gasteiger partial charge in [0.2, 0.25) is 0 Å². The summed E-state index contributed by atoms with van der Waals surface area (Å²) in [7, 11) is 0. The molecule has 0 atom stereocenters. The average Bonchev–Trinajstić information content (AvgIpc) is 2.40. The van der Waals surface area contributed by atoms with E-state index in [2.05, 4.69) is 9.98 Å². The highest BCUT2D eigenvalue weighted by molar-refractivity contribution is 6.29. The molecule has 0 radical (unpaired) electrons. The average molecular weight is 316 g/mol. The molecule has 0 aromatic carbocycles. The van der Waals surface area contributed by atoms with Gasteiger partial charge in [0.05, 0.1) is 12.2 Å². The number of carbonyl (C=O) groups is 1. The van der Waals surface area contributed by atoms with E-state index in [-0.39, 0.29) is 17.2 Å². The van der Waals surface area contributed by atoms with E-state index in [1.54, 1.807) is 24.3 Å². The van der Waals surface area contributed by atoms with Gasteiger partial charge in [-0.05, 0) is 24.3 Å². The van der Waals surface area contributed by atoms with Crippen LogP contribution in [0.5, 0.6) is 0 Å². The SMILES string of the molecule is O=C(N=c1ccccn1Cc1cccc(Cl)n1)C(F)(F)F. The number of nitrogens with zero attached hydrogens (tertiary/aromatic N) is 3. The van der Waals surface area contributed by atoms with Crippen molar-refractivity contribution < 1.29 is 18.0 Å². The highest BCUT2D eigenvalue weighted by atomic mass is 35.5. The molecule has 0 saturated carbocycles. The van der Waals surface area contributed by atoms with Gasteiger partial charge in [-0.25, -0.2) is 4.98 Å². The second-order valence-corrected chi connectivity index (χ2v) is 4.44. The molecule has 110 valence electrons. The van der Waals surface area contributed by atoms with Gasteiger partial charge in [-0.3, -0.25) is 4.79 Å². The van der Waals surface area contributed by atoms with Crippen molar-refractivity contribution in [3.63, 3.8) is 0 Å². The Labute approximate surface area is 122 Å². The number of carbonyl (C=O) groups excluding carboxylic acids is 1. The summed E-state index contributed by atoms with van der Waals surface area (Å²) in [6, 6.07) is 9.34. The Kier molecular flexibility index (Phi) is 4.42. The molecule has 0 bridgehead atoms. The number of rotatable bonds is 2. The van der Waals surface area contributed by atoms with E-state index in [0.717, 1.165) is 0 Å². The van der Waals surface area contributed by atoms with Gasteiger partial charge in [0.1, 0.15) is 10.6 Å².